The summed E-state index contributed by atoms with van der Waals surface area (Å²) < 4.78 is 0. The van der Waals surface area contributed by atoms with Gasteiger partial charge in [-0.05, 0) is 20.8 Å². The van der Waals surface area contributed by atoms with Gasteiger partial charge < -0.3 is 5.32 Å². The lowest BCUT2D eigenvalue weighted by atomic mass is 9.98. The smallest absolute Gasteiger partial charge is 0.109 e. The number of hydrogen-bond acceptors (Lipinski definition) is 4. The average molecular weight is 225 g/mol. The minimum Gasteiger partial charge on any atom is -0.314 e. The maximum atomic E-state index is 4.41. The van der Waals surface area contributed by atoms with E-state index >= 15 is 0 Å². The Morgan fingerprint density at radius 1 is 1.60 bits per heavy atom. The second-order valence-electron chi connectivity index (χ2n) is 4.73. The molecular formula is C11H19N3S. The Labute approximate surface area is 95.5 Å². The topological polar surface area (TPSA) is 28.2 Å². The second-order valence-corrected chi connectivity index (χ2v) is 5.66. The molecular weight excluding hydrogens is 206 g/mol. The van der Waals surface area contributed by atoms with E-state index < -0.39 is 0 Å². The van der Waals surface area contributed by atoms with E-state index in [4.69, 9.17) is 0 Å². The Morgan fingerprint density at radius 2 is 2.40 bits per heavy atom. The van der Waals surface area contributed by atoms with Gasteiger partial charge in [-0.1, -0.05) is 0 Å². The van der Waals surface area contributed by atoms with Crippen LogP contribution in [0.1, 0.15) is 31.8 Å². The number of nitrogens with one attached hydrogen (secondary N) is 1. The molecule has 0 saturated carbocycles. The summed E-state index contributed by atoms with van der Waals surface area (Å²) in [6.07, 6.45) is 1.89. The van der Waals surface area contributed by atoms with Crippen molar-refractivity contribution in [2.45, 2.75) is 32.4 Å². The summed E-state index contributed by atoms with van der Waals surface area (Å²) in [7, 11) is 0. The highest BCUT2D eigenvalue weighted by Crippen LogP contribution is 2.29. The van der Waals surface area contributed by atoms with E-state index in [1.54, 1.807) is 11.3 Å². The van der Waals surface area contributed by atoms with Crippen LogP contribution in [0.5, 0.6) is 0 Å². The van der Waals surface area contributed by atoms with Crippen LogP contribution in [0.2, 0.25) is 0 Å². The third-order valence-corrected chi connectivity index (χ3v) is 4.09. The minimum atomic E-state index is 0.226. The van der Waals surface area contributed by atoms with Crippen molar-refractivity contribution in [2.24, 2.45) is 0 Å². The van der Waals surface area contributed by atoms with Gasteiger partial charge in [0, 0.05) is 36.8 Å². The number of hydrogen-bond donors (Lipinski definition) is 1. The summed E-state index contributed by atoms with van der Waals surface area (Å²) in [6.45, 7) is 10.1. The maximum absolute atomic E-state index is 4.41. The first-order valence-corrected chi connectivity index (χ1v) is 6.36. The Hall–Kier alpha value is -0.450. The third-order valence-electron chi connectivity index (χ3n) is 3.14. The average Bonchev–Trinajstić information content (AvgIpc) is 2.69. The van der Waals surface area contributed by atoms with Crippen LogP contribution >= 0.6 is 11.3 Å². The monoisotopic (exact) mass is 225 g/mol. The summed E-state index contributed by atoms with van der Waals surface area (Å²) in [5, 5.41) is 6.73. The van der Waals surface area contributed by atoms with Crippen molar-refractivity contribution in [2.75, 3.05) is 19.6 Å². The molecule has 0 amide bonds. The fourth-order valence-corrected chi connectivity index (χ4v) is 3.00. The molecule has 0 aliphatic carbocycles. The number of thiazole rings is 1. The van der Waals surface area contributed by atoms with E-state index in [9.17, 15) is 0 Å². The zero-order chi connectivity index (χ0) is 10.9. The first-order chi connectivity index (χ1) is 7.11. The molecule has 3 nitrogen and oxygen atoms in total. The van der Waals surface area contributed by atoms with Crippen LogP contribution in [0.4, 0.5) is 0 Å². The van der Waals surface area contributed by atoms with Crippen LogP contribution in [-0.4, -0.2) is 35.1 Å². The zero-order valence-electron chi connectivity index (χ0n) is 9.66. The lowest BCUT2D eigenvalue weighted by Gasteiger charge is -2.45. The van der Waals surface area contributed by atoms with E-state index in [2.05, 4.69) is 41.4 Å². The lowest BCUT2D eigenvalue weighted by molar-refractivity contribution is 0.0516. The lowest BCUT2D eigenvalue weighted by Crippen LogP contribution is -2.58. The van der Waals surface area contributed by atoms with Crippen LogP contribution in [0.15, 0.2) is 11.6 Å². The first kappa shape index (κ1) is 11.0. The van der Waals surface area contributed by atoms with Crippen molar-refractivity contribution in [3.63, 3.8) is 0 Å². The van der Waals surface area contributed by atoms with Crippen LogP contribution in [-0.2, 0) is 0 Å². The molecule has 1 fully saturated rings. The number of aromatic nitrogens is 1. The Balaban J connectivity index is 2.15. The Morgan fingerprint density at radius 3 is 3.00 bits per heavy atom. The molecule has 0 spiro atoms. The Kier molecular flexibility index (Phi) is 3.09. The molecule has 1 saturated heterocycles. The molecule has 4 heteroatoms. The standard InChI is InChI=1S/C11H19N3S/c1-9(10-13-5-7-15-10)14-6-4-12-8-11(14,2)3/h5,7,9,12H,4,6,8H2,1-3H3. The van der Waals surface area contributed by atoms with E-state index in [-0.39, 0.29) is 5.54 Å². The van der Waals surface area contributed by atoms with Crippen LogP contribution in [0.3, 0.4) is 0 Å². The highest BCUT2D eigenvalue weighted by atomic mass is 32.1. The van der Waals surface area contributed by atoms with E-state index in [1.807, 2.05) is 6.20 Å². The molecule has 1 N–H and O–H groups in total. The van der Waals surface area contributed by atoms with Gasteiger partial charge in [0.25, 0.3) is 0 Å². The predicted molar refractivity (Wildman–Crippen MR) is 64.2 cm³/mol. The van der Waals surface area contributed by atoms with E-state index in [0.717, 1.165) is 19.6 Å². The van der Waals surface area contributed by atoms with Crippen molar-refractivity contribution in [1.29, 1.82) is 0 Å². The zero-order valence-corrected chi connectivity index (χ0v) is 10.5. The predicted octanol–water partition coefficient (Wildman–Crippen LogP) is 1.89. The molecule has 15 heavy (non-hydrogen) atoms. The minimum absolute atomic E-state index is 0.226. The van der Waals surface area contributed by atoms with Gasteiger partial charge in [0.2, 0.25) is 0 Å². The quantitative estimate of drug-likeness (QED) is 0.833. The van der Waals surface area contributed by atoms with Gasteiger partial charge in [0.1, 0.15) is 5.01 Å². The molecule has 1 aliphatic rings. The summed E-state index contributed by atoms with van der Waals surface area (Å²) in [6, 6.07) is 0.432. The number of rotatable bonds is 2. The normalized spacial score (nSPS) is 23.9. The van der Waals surface area contributed by atoms with Gasteiger partial charge in [0.15, 0.2) is 0 Å². The number of nitrogens with zero attached hydrogens (tertiary/aromatic N) is 2. The van der Waals surface area contributed by atoms with Crippen LogP contribution < -0.4 is 5.32 Å². The molecule has 0 radical (unpaired) electrons. The third kappa shape index (κ3) is 2.22. The van der Waals surface area contributed by atoms with Gasteiger partial charge in [-0.2, -0.15) is 0 Å². The van der Waals surface area contributed by atoms with Gasteiger partial charge >= 0.3 is 0 Å². The van der Waals surface area contributed by atoms with Crippen molar-refractivity contribution in [3.8, 4) is 0 Å². The Bertz CT molecular complexity index is 308. The molecule has 84 valence electrons. The largest absolute Gasteiger partial charge is 0.314 e. The molecule has 1 aromatic rings. The fourth-order valence-electron chi connectivity index (χ4n) is 2.29. The van der Waals surface area contributed by atoms with Gasteiger partial charge in [0.05, 0.1) is 6.04 Å². The molecule has 1 aliphatic heterocycles. The maximum Gasteiger partial charge on any atom is 0.109 e. The van der Waals surface area contributed by atoms with Gasteiger partial charge in [-0.15, -0.1) is 11.3 Å². The fraction of sp³-hybridized carbons (Fsp3) is 0.727. The highest BCUT2D eigenvalue weighted by Gasteiger charge is 2.34. The molecule has 1 unspecified atom stereocenters. The molecule has 2 rings (SSSR count). The summed E-state index contributed by atoms with van der Waals surface area (Å²) in [5.41, 5.74) is 0.226. The SMILES string of the molecule is CC(c1nccs1)N1CCNCC1(C)C. The molecule has 2 heterocycles. The first-order valence-electron chi connectivity index (χ1n) is 5.48. The van der Waals surface area contributed by atoms with E-state index in [0.29, 0.717) is 6.04 Å². The second kappa shape index (κ2) is 4.20. The van der Waals surface area contributed by atoms with Crippen molar-refractivity contribution < 1.29 is 0 Å². The van der Waals surface area contributed by atoms with Crippen LogP contribution in [0, 0.1) is 0 Å². The van der Waals surface area contributed by atoms with Gasteiger partial charge in [-0.3, -0.25) is 4.90 Å². The van der Waals surface area contributed by atoms with Crippen LogP contribution in [0.25, 0.3) is 0 Å². The summed E-state index contributed by atoms with van der Waals surface area (Å²) >= 11 is 1.75. The van der Waals surface area contributed by atoms with Crippen molar-refractivity contribution in [1.82, 2.24) is 15.2 Å². The molecule has 0 aromatic carbocycles. The highest BCUT2D eigenvalue weighted by molar-refractivity contribution is 7.09. The van der Waals surface area contributed by atoms with Gasteiger partial charge in [-0.25, -0.2) is 4.98 Å². The van der Waals surface area contributed by atoms with E-state index in [1.165, 1.54) is 5.01 Å². The molecule has 1 aromatic heterocycles. The van der Waals surface area contributed by atoms with Crippen molar-refractivity contribution in [3.05, 3.63) is 16.6 Å². The molecule has 0 bridgehead atoms. The summed E-state index contributed by atoms with van der Waals surface area (Å²) in [5.74, 6) is 0. The van der Waals surface area contributed by atoms with Crippen molar-refractivity contribution >= 4 is 11.3 Å². The molecule has 1 atom stereocenters. The number of piperazine rings is 1. The summed E-state index contributed by atoms with van der Waals surface area (Å²) in [4.78, 5) is 6.96.